The lowest BCUT2D eigenvalue weighted by molar-refractivity contribution is 0.651. The molecule has 1 fully saturated rings. The summed E-state index contributed by atoms with van der Waals surface area (Å²) in [5.41, 5.74) is 9.02. The monoisotopic (exact) mass is 289 g/mol. The van der Waals surface area contributed by atoms with Crippen molar-refractivity contribution in [3.05, 3.63) is 29.5 Å². The van der Waals surface area contributed by atoms with E-state index in [0.29, 0.717) is 0 Å². The van der Waals surface area contributed by atoms with Crippen LogP contribution in [0.3, 0.4) is 0 Å². The van der Waals surface area contributed by atoms with E-state index in [0.717, 1.165) is 49.1 Å². The molecule has 2 aromatic rings. The van der Waals surface area contributed by atoms with Crippen LogP contribution < -0.4 is 15.5 Å². The van der Waals surface area contributed by atoms with Crippen molar-refractivity contribution in [3.63, 3.8) is 0 Å². The summed E-state index contributed by atoms with van der Waals surface area (Å²) in [6, 6.07) is 1.99. The first-order valence-corrected chi connectivity index (χ1v) is 7.79. The Hall–Kier alpha value is -1.82. The first-order chi connectivity index (χ1) is 9.78. The Morgan fingerprint density at radius 1 is 1.25 bits per heavy atom. The lowest BCUT2D eigenvalue weighted by Crippen LogP contribution is -2.46. The maximum Gasteiger partial charge on any atom is 0.185 e. The lowest BCUT2D eigenvalue weighted by Gasteiger charge is -2.36. The van der Waals surface area contributed by atoms with Crippen molar-refractivity contribution >= 4 is 27.8 Å². The Labute approximate surface area is 123 Å². The van der Waals surface area contributed by atoms with Gasteiger partial charge in [-0.25, -0.2) is 4.98 Å². The number of anilines is 3. The molecule has 0 saturated carbocycles. The van der Waals surface area contributed by atoms with Crippen molar-refractivity contribution in [2.24, 2.45) is 0 Å². The van der Waals surface area contributed by atoms with Crippen LogP contribution in [0.25, 0.3) is 0 Å². The molecule has 0 amide bonds. The molecule has 6 heteroatoms. The van der Waals surface area contributed by atoms with Gasteiger partial charge in [-0.2, -0.15) is 0 Å². The van der Waals surface area contributed by atoms with E-state index in [1.54, 1.807) is 23.7 Å². The van der Waals surface area contributed by atoms with Crippen LogP contribution in [0.4, 0.5) is 16.5 Å². The third-order valence-corrected chi connectivity index (χ3v) is 4.57. The van der Waals surface area contributed by atoms with Crippen molar-refractivity contribution in [1.82, 2.24) is 9.97 Å². The van der Waals surface area contributed by atoms with Gasteiger partial charge in [-0.15, -0.1) is 11.3 Å². The fraction of sp³-hybridized carbons (Fsp3) is 0.429. The van der Waals surface area contributed by atoms with Gasteiger partial charge in [0.2, 0.25) is 0 Å². The molecule has 3 rings (SSSR count). The van der Waals surface area contributed by atoms with E-state index in [1.165, 1.54) is 5.69 Å². The summed E-state index contributed by atoms with van der Waals surface area (Å²) in [4.78, 5) is 13.4. The minimum Gasteiger partial charge on any atom is -0.396 e. The quantitative estimate of drug-likeness (QED) is 0.936. The number of thiazole rings is 1. The van der Waals surface area contributed by atoms with E-state index in [9.17, 15) is 0 Å². The van der Waals surface area contributed by atoms with Gasteiger partial charge in [0.1, 0.15) is 0 Å². The van der Waals surface area contributed by atoms with Crippen molar-refractivity contribution in [1.29, 1.82) is 0 Å². The summed E-state index contributed by atoms with van der Waals surface area (Å²) in [7, 11) is 0. The summed E-state index contributed by atoms with van der Waals surface area (Å²) in [5.74, 6) is 0. The number of rotatable bonds is 3. The fourth-order valence-corrected chi connectivity index (χ4v) is 3.39. The molecule has 1 aliphatic rings. The number of pyridine rings is 1. The Bertz CT molecular complexity index is 574. The molecule has 0 spiro atoms. The predicted molar refractivity (Wildman–Crippen MR) is 84.6 cm³/mol. The van der Waals surface area contributed by atoms with E-state index in [-0.39, 0.29) is 0 Å². The van der Waals surface area contributed by atoms with Crippen LogP contribution in [0.5, 0.6) is 0 Å². The third-order valence-electron chi connectivity index (χ3n) is 3.62. The summed E-state index contributed by atoms with van der Waals surface area (Å²) in [6.45, 7) is 6.05. The van der Waals surface area contributed by atoms with Gasteiger partial charge in [0, 0.05) is 37.8 Å². The Morgan fingerprint density at radius 3 is 2.65 bits per heavy atom. The fourth-order valence-electron chi connectivity index (χ4n) is 2.43. The van der Waals surface area contributed by atoms with Gasteiger partial charge in [0.25, 0.3) is 0 Å². The summed E-state index contributed by atoms with van der Waals surface area (Å²) < 4.78 is 0. The predicted octanol–water partition coefficient (Wildman–Crippen LogP) is 2.01. The van der Waals surface area contributed by atoms with Crippen molar-refractivity contribution in [2.45, 2.75) is 13.3 Å². The normalized spacial score (nSPS) is 15.7. The SMILES string of the molecule is CCc1csc(N2CCN(c3ccncc3N)CC2)n1. The first kappa shape index (κ1) is 13.2. The average molecular weight is 289 g/mol. The molecule has 0 bridgehead atoms. The van der Waals surface area contributed by atoms with Gasteiger partial charge in [-0.05, 0) is 12.5 Å². The van der Waals surface area contributed by atoms with Crippen LogP contribution >= 0.6 is 11.3 Å². The summed E-state index contributed by atoms with van der Waals surface area (Å²) >= 11 is 1.74. The smallest absolute Gasteiger partial charge is 0.185 e. The maximum atomic E-state index is 5.99. The highest BCUT2D eigenvalue weighted by atomic mass is 32.1. The molecule has 1 saturated heterocycles. The number of nitrogens with zero attached hydrogens (tertiary/aromatic N) is 4. The van der Waals surface area contributed by atoms with E-state index >= 15 is 0 Å². The molecule has 1 aliphatic heterocycles. The minimum atomic E-state index is 0.753. The van der Waals surface area contributed by atoms with Crippen LogP contribution in [-0.2, 0) is 6.42 Å². The Kier molecular flexibility index (Phi) is 3.73. The number of aryl methyl sites for hydroxylation is 1. The maximum absolute atomic E-state index is 5.99. The zero-order chi connectivity index (χ0) is 13.9. The van der Waals surface area contributed by atoms with Crippen LogP contribution in [0.1, 0.15) is 12.6 Å². The second-order valence-corrected chi connectivity index (χ2v) is 5.72. The van der Waals surface area contributed by atoms with Crippen molar-refractivity contribution < 1.29 is 0 Å². The summed E-state index contributed by atoms with van der Waals surface area (Å²) in [5, 5.41) is 3.30. The number of nitrogens with two attached hydrogens (primary N) is 1. The molecule has 0 aliphatic carbocycles. The molecule has 2 N–H and O–H groups in total. The molecule has 106 valence electrons. The molecule has 2 aromatic heterocycles. The third kappa shape index (κ3) is 2.56. The summed E-state index contributed by atoms with van der Waals surface area (Å²) in [6.07, 6.45) is 4.52. The highest BCUT2D eigenvalue weighted by Gasteiger charge is 2.20. The minimum absolute atomic E-state index is 0.753. The van der Waals surface area contributed by atoms with Gasteiger partial charge in [-0.3, -0.25) is 4.98 Å². The van der Waals surface area contributed by atoms with E-state index in [2.05, 4.69) is 32.1 Å². The highest BCUT2D eigenvalue weighted by molar-refractivity contribution is 7.13. The van der Waals surface area contributed by atoms with E-state index in [1.807, 2.05) is 6.07 Å². The van der Waals surface area contributed by atoms with Crippen LogP contribution in [0, 0.1) is 0 Å². The van der Waals surface area contributed by atoms with Gasteiger partial charge in [0.05, 0.1) is 23.3 Å². The Balaban J connectivity index is 1.66. The number of nitrogen functional groups attached to an aromatic ring is 1. The lowest BCUT2D eigenvalue weighted by atomic mass is 10.2. The Morgan fingerprint density at radius 2 is 2.00 bits per heavy atom. The second kappa shape index (κ2) is 5.66. The van der Waals surface area contributed by atoms with Crippen LogP contribution in [0.2, 0.25) is 0 Å². The second-order valence-electron chi connectivity index (χ2n) is 4.88. The van der Waals surface area contributed by atoms with Crippen molar-refractivity contribution in [2.75, 3.05) is 41.7 Å². The van der Waals surface area contributed by atoms with Gasteiger partial charge in [-0.1, -0.05) is 6.92 Å². The molecule has 0 atom stereocenters. The zero-order valence-corrected chi connectivity index (χ0v) is 12.4. The first-order valence-electron chi connectivity index (χ1n) is 6.91. The molecule has 20 heavy (non-hydrogen) atoms. The highest BCUT2D eigenvalue weighted by Crippen LogP contribution is 2.26. The standard InChI is InChI=1S/C14H19N5S/c1-2-11-10-20-14(17-11)19-7-5-18(6-8-19)13-3-4-16-9-12(13)15/h3-4,9-10H,2,5-8,15H2,1H3. The van der Waals surface area contributed by atoms with Crippen LogP contribution in [-0.4, -0.2) is 36.1 Å². The van der Waals surface area contributed by atoms with E-state index in [4.69, 9.17) is 5.73 Å². The molecule has 0 unspecified atom stereocenters. The molecule has 5 nitrogen and oxygen atoms in total. The zero-order valence-electron chi connectivity index (χ0n) is 11.6. The molecule has 0 aromatic carbocycles. The number of aromatic nitrogens is 2. The average Bonchev–Trinajstić information content (AvgIpc) is 2.97. The number of hydrogen-bond acceptors (Lipinski definition) is 6. The van der Waals surface area contributed by atoms with E-state index < -0.39 is 0 Å². The topological polar surface area (TPSA) is 58.3 Å². The number of piperazine rings is 1. The van der Waals surface area contributed by atoms with Gasteiger partial charge < -0.3 is 15.5 Å². The largest absolute Gasteiger partial charge is 0.396 e. The van der Waals surface area contributed by atoms with Crippen molar-refractivity contribution in [3.8, 4) is 0 Å². The van der Waals surface area contributed by atoms with Crippen LogP contribution in [0.15, 0.2) is 23.8 Å². The molecule has 3 heterocycles. The molecule has 0 radical (unpaired) electrons. The van der Waals surface area contributed by atoms with Gasteiger partial charge in [0.15, 0.2) is 5.13 Å². The molecular formula is C14H19N5S. The molecular weight excluding hydrogens is 270 g/mol. The van der Waals surface area contributed by atoms with Gasteiger partial charge >= 0.3 is 0 Å². The number of hydrogen-bond donors (Lipinski definition) is 1.